The van der Waals surface area contributed by atoms with E-state index in [0.29, 0.717) is 6.54 Å². The molecule has 3 aromatic rings. The lowest BCUT2D eigenvalue weighted by Gasteiger charge is -2.19. The summed E-state index contributed by atoms with van der Waals surface area (Å²) in [5, 5.41) is 15.6. The Morgan fingerprint density at radius 2 is 1.39 bits per heavy atom. The first kappa shape index (κ1) is 21.9. The summed E-state index contributed by atoms with van der Waals surface area (Å²) < 4.78 is 0. The molecule has 0 radical (unpaired) electrons. The van der Waals surface area contributed by atoms with Gasteiger partial charge in [0.05, 0.1) is 6.04 Å². The van der Waals surface area contributed by atoms with Gasteiger partial charge in [-0.3, -0.25) is 4.79 Å². The highest BCUT2D eigenvalue weighted by Crippen LogP contribution is 2.22. The summed E-state index contributed by atoms with van der Waals surface area (Å²) >= 11 is 0. The van der Waals surface area contributed by atoms with Crippen molar-refractivity contribution in [2.24, 2.45) is 0 Å². The first-order valence-corrected chi connectivity index (χ1v) is 10.6. The van der Waals surface area contributed by atoms with E-state index in [4.69, 9.17) is 0 Å². The molecule has 2 N–H and O–H groups in total. The molecule has 0 aliphatic heterocycles. The van der Waals surface area contributed by atoms with E-state index >= 15 is 0 Å². The molecule has 4 nitrogen and oxygen atoms in total. The maximum absolute atomic E-state index is 12.8. The number of benzene rings is 3. The van der Waals surface area contributed by atoms with Gasteiger partial charge in [-0.2, -0.15) is 5.26 Å². The molecule has 0 heterocycles. The largest absolute Gasteiger partial charge is 0.390 e. The lowest BCUT2D eigenvalue weighted by atomic mass is 9.98. The van der Waals surface area contributed by atoms with Gasteiger partial charge in [-0.25, -0.2) is 0 Å². The van der Waals surface area contributed by atoms with Crippen molar-refractivity contribution in [1.29, 1.82) is 5.26 Å². The van der Waals surface area contributed by atoms with Crippen LogP contribution in [-0.2, 0) is 11.2 Å². The first-order chi connectivity index (χ1) is 15.3. The molecule has 0 bridgehead atoms. The summed E-state index contributed by atoms with van der Waals surface area (Å²) in [5.41, 5.74) is 3.32. The van der Waals surface area contributed by atoms with Gasteiger partial charge in [-0.1, -0.05) is 91.0 Å². The van der Waals surface area contributed by atoms with Crippen LogP contribution in [0.25, 0.3) is 0 Å². The first-order valence-electron chi connectivity index (χ1n) is 10.6. The topological polar surface area (TPSA) is 64.9 Å². The predicted octanol–water partition coefficient (Wildman–Crippen LogP) is 4.91. The second-order valence-corrected chi connectivity index (χ2v) is 7.29. The van der Waals surface area contributed by atoms with Crippen LogP contribution in [0.3, 0.4) is 0 Å². The SMILES string of the molecule is N#C/C(=C/NCCCCc1ccccc1)C(=O)NC(c1ccccc1)c1ccccc1. The van der Waals surface area contributed by atoms with E-state index in [1.165, 1.54) is 11.8 Å². The van der Waals surface area contributed by atoms with Gasteiger partial charge in [0.25, 0.3) is 5.91 Å². The molecule has 0 aromatic heterocycles. The molecule has 0 saturated carbocycles. The van der Waals surface area contributed by atoms with Gasteiger partial charge in [0.1, 0.15) is 11.6 Å². The van der Waals surface area contributed by atoms with Gasteiger partial charge >= 0.3 is 0 Å². The van der Waals surface area contributed by atoms with Crippen molar-refractivity contribution >= 4 is 5.91 Å². The van der Waals surface area contributed by atoms with Crippen LogP contribution >= 0.6 is 0 Å². The number of rotatable bonds is 10. The summed E-state index contributed by atoms with van der Waals surface area (Å²) in [6.45, 7) is 0.714. The molecule has 0 saturated heterocycles. The van der Waals surface area contributed by atoms with E-state index in [9.17, 15) is 10.1 Å². The fraction of sp³-hybridized carbons (Fsp3) is 0.185. The van der Waals surface area contributed by atoms with E-state index in [2.05, 4.69) is 22.8 Å². The maximum Gasteiger partial charge on any atom is 0.264 e. The molecule has 0 unspecified atom stereocenters. The van der Waals surface area contributed by atoms with Crippen molar-refractivity contribution in [3.05, 3.63) is 119 Å². The number of carbonyl (C=O) groups is 1. The van der Waals surface area contributed by atoms with Crippen LogP contribution in [0.4, 0.5) is 0 Å². The lowest BCUT2D eigenvalue weighted by Crippen LogP contribution is -2.31. The second-order valence-electron chi connectivity index (χ2n) is 7.29. The molecule has 3 rings (SSSR count). The quantitative estimate of drug-likeness (QED) is 0.284. The average Bonchev–Trinajstić information content (AvgIpc) is 2.83. The fourth-order valence-corrected chi connectivity index (χ4v) is 3.38. The van der Waals surface area contributed by atoms with Crippen LogP contribution < -0.4 is 10.6 Å². The molecule has 0 aliphatic carbocycles. The number of carbonyl (C=O) groups excluding carboxylic acids is 1. The van der Waals surface area contributed by atoms with Crippen molar-refractivity contribution in [3.8, 4) is 6.07 Å². The molecule has 156 valence electrons. The molecule has 0 spiro atoms. The van der Waals surface area contributed by atoms with Crippen LogP contribution in [0.5, 0.6) is 0 Å². The number of hydrogen-bond donors (Lipinski definition) is 2. The van der Waals surface area contributed by atoms with Crippen LogP contribution in [0.2, 0.25) is 0 Å². The Bertz CT molecular complexity index is 969. The Morgan fingerprint density at radius 1 is 0.839 bits per heavy atom. The van der Waals surface area contributed by atoms with Crippen molar-refractivity contribution in [3.63, 3.8) is 0 Å². The van der Waals surface area contributed by atoms with E-state index in [1.54, 1.807) is 0 Å². The zero-order valence-electron chi connectivity index (χ0n) is 17.5. The highest BCUT2D eigenvalue weighted by molar-refractivity contribution is 5.97. The number of amides is 1. The van der Waals surface area contributed by atoms with E-state index < -0.39 is 5.91 Å². The predicted molar refractivity (Wildman–Crippen MR) is 124 cm³/mol. The number of aryl methyl sites for hydroxylation is 1. The molecule has 1 amide bonds. The van der Waals surface area contributed by atoms with Crippen molar-refractivity contribution in [2.75, 3.05) is 6.54 Å². The summed E-state index contributed by atoms with van der Waals surface area (Å²) in [6.07, 6.45) is 4.55. The zero-order chi connectivity index (χ0) is 21.7. The van der Waals surface area contributed by atoms with Crippen LogP contribution in [0, 0.1) is 11.3 Å². The number of nitrogens with one attached hydrogen (secondary N) is 2. The fourth-order valence-electron chi connectivity index (χ4n) is 3.38. The molecule has 0 aliphatic rings. The third-order valence-electron chi connectivity index (χ3n) is 5.03. The zero-order valence-corrected chi connectivity index (χ0v) is 17.5. The molecule has 0 fully saturated rings. The smallest absolute Gasteiger partial charge is 0.264 e. The summed E-state index contributed by atoms with van der Waals surface area (Å²) in [4.78, 5) is 12.8. The van der Waals surface area contributed by atoms with Gasteiger partial charge in [0, 0.05) is 12.7 Å². The van der Waals surface area contributed by atoms with Gasteiger partial charge in [-0.05, 0) is 36.0 Å². The van der Waals surface area contributed by atoms with Gasteiger partial charge < -0.3 is 10.6 Å². The van der Waals surface area contributed by atoms with Gasteiger partial charge in [-0.15, -0.1) is 0 Å². The Kier molecular flexibility index (Phi) is 8.46. The molecule has 0 atom stereocenters. The Labute approximate surface area is 184 Å². The van der Waals surface area contributed by atoms with Crippen LogP contribution in [0.1, 0.15) is 35.6 Å². The third-order valence-corrected chi connectivity index (χ3v) is 5.03. The average molecular weight is 410 g/mol. The minimum Gasteiger partial charge on any atom is -0.390 e. The number of nitriles is 1. The molecular weight excluding hydrogens is 382 g/mol. The van der Waals surface area contributed by atoms with Gasteiger partial charge in [0.2, 0.25) is 0 Å². The number of nitrogens with zero attached hydrogens (tertiary/aromatic N) is 1. The van der Waals surface area contributed by atoms with E-state index in [1.807, 2.05) is 84.9 Å². The van der Waals surface area contributed by atoms with Crippen molar-refractivity contribution in [2.45, 2.75) is 25.3 Å². The molecule has 4 heteroatoms. The van der Waals surface area contributed by atoms with Gasteiger partial charge in [0.15, 0.2) is 0 Å². The number of unbranched alkanes of at least 4 members (excludes halogenated alkanes) is 1. The number of hydrogen-bond acceptors (Lipinski definition) is 3. The second kappa shape index (κ2) is 12.0. The highest BCUT2D eigenvalue weighted by Gasteiger charge is 2.18. The minimum atomic E-state index is -0.392. The van der Waals surface area contributed by atoms with Crippen molar-refractivity contribution in [1.82, 2.24) is 10.6 Å². The Morgan fingerprint density at radius 3 is 1.94 bits per heavy atom. The van der Waals surface area contributed by atoms with E-state index in [-0.39, 0.29) is 11.6 Å². The maximum atomic E-state index is 12.8. The Hall–Kier alpha value is -3.84. The monoisotopic (exact) mass is 409 g/mol. The Balaban J connectivity index is 1.56. The minimum absolute atomic E-state index is 0.0694. The lowest BCUT2D eigenvalue weighted by molar-refractivity contribution is -0.117. The summed E-state index contributed by atoms with van der Waals surface area (Å²) in [5.74, 6) is -0.392. The standard InChI is InChI=1S/C27H27N3O/c28-20-25(21-29-19-11-10-14-22-12-4-1-5-13-22)27(31)30-26(23-15-6-2-7-16-23)24-17-8-3-9-18-24/h1-9,12-13,15-18,21,26,29H,10-11,14,19H2,(H,30,31)/b25-21-. The summed E-state index contributed by atoms with van der Waals surface area (Å²) in [6, 6.07) is 31.6. The highest BCUT2D eigenvalue weighted by atomic mass is 16.1. The van der Waals surface area contributed by atoms with E-state index in [0.717, 1.165) is 30.4 Å². The van der Waals surface area contributed by atoms with Crippen molar-refractivity contribution < 1.29 is 4.79 Å². The van der Waals surface area contributed by atoms with Crippen LogP contribution in [-0.4, -0.2) is 12.5 Å². The molecular formula is C27H27N3O. The summed E-state index contributed by atoms with van der Waals surface area (Å²) in [7, 11) is 0. The van der Waals surface area contributed by atoms with Crippen LogP contribution in [0.15, 0.2) is 103 Å². The molecule has 31 heavy (non-hydrogen) atoms. The normalized spacial score (nSPS) is 11.0. The third kappa shape index (κ3) is 6.87. The molecule has 3 aromatic carbocycles.